The number of nitrogens with zero attached hydrogens (tertiary/aromatic N) is 5. The molecule has 0 fully saturated rings. The molecule has 0 bridgehead atoms. The summed E-state index contributed by atoms with van der Waals surface area (Å²) in [7, 11) is 0. The van der Waals surface area contributed by atoms with Gasteiger partial charge in [0.1, 0.15) is 17.1 Å². The summed E-state index contributed by atoms with van der Waals surface area (Å²) in [6.07, 6.45) is 3.22. The molecule has 4 aromatic rings. The summed E-state index contributed by atoms with van der Waals surface area (Å²) < 4.78 is 9.78. The van der Waals surface area contributed by atoms with Crippen molar-refractivity contribution in [2.45, 2.75) is 27.1 Å². The maximum absolute atomic E-state index is 12.8. The third-order valence-electron chi connectivity index (χ3n) is 5.12. The molecule has 1 N–H and O–H groups in total. The van der Waals surface area contributed by atoms with Gasteiger partial charge in [-0.25, -0.2) is 4.68 Å². The first-order valence-electron chi connectivity index (χ1n) is 10.3. The number of carbonyl (C=O) groups is 1. The lowest BCUT2D eigenvalue weighted by atomic mass is 10.1. The number of hydrogen-bond donors (Lipinski definition) is 1. The standard InChI is InChI=1S/C23H21BrN6O4/c1-15-22(30(32)33)16(2)29(27-15)12-17-4-3-5-18(10-17)23(31)26-20-11-25-28(13-20)14-34-21-8-6-19(24)7-9-21/h3-11,13H,12,14H2,1-2H3,(H,26,31). The summed E-state index contributed by atoms with van der Waals surface area (Å²) in [6.45, 7) is 3.77. The highest BCUT2D eigenvalue weighted by Crippen LogP contribution is 2.23. The zero-order chi connectivity index (χ0) is 24.2. The first-order valence-corrected chi connectivity index (χ1v) is 11.1. The van der Waals surface area contributed by atoms with E-state index in [9.17, 15) is 14.9 Å². The number of aryl methyl sites for hydroxylation is 1. The molecule has 0 aliphatic heterocycles. The van der Waals surface area contributed by atoms with Crippen LogP contribution in [0.2, 0.25) is 0 Å². The molecule has 0 saturated heterocycles. The van der Waals surface area contributed by atoms with Crippen LogP contribution in [0.3, 0.4) is 0 Å². The summed E-state index contributed by atoms with van der Waals surface area (Å²) in [5, 5.41) is 22.5. The summed E-state index contributed by atoms with van der Waals surface area (Å²) >= 11 is 3.38. The van der Waals surface area contributed by atoms with Crippen molar-refractivity contribution in [3.05, 3.63) is 98.0 Å². The lowest BCUT2D eigenvalue weighted by molar-refractivity contribution is -0.386. The van der Waals surface area contributed by atoms with Crippen LogP contribution in [0.1, 0.15) is 27.3 Å². The van der Waals surface area contributed by atoms with Gasteiger partial charge in [-0.3, -0.25) is 19.6 Å². The second kappa shape index (κ2) is 9.87. The maximum Gasteiger partial charge on any atom is 0.312 e. The zero-order valence-electron chi connectivity index (χ0n) is 18.4. The molecule has 0 radical (unpaired) electrons. The smallest absolute Gasteiger partial charge is 0.312 e. The quantitative estimate of drug-likeness (QED) is 0.263. The van der Waals surface area contributed by atoms with Crippen molar-refractivity contribution in [3.8, 4) is 5.75 Å². The number of anilines is 1. The predicted molar refractivity (Wildman–Crippen MR) is 129 cm³/mol. The van der Waals surface area contributed by atoms with Crippen molar-refractivity contribution in [2.24, 2.45) is 0 Å². The molecule has 0 atom stereocenters. The second-order valence-corrected chi connectivity index (χ2v) is 8.50. The minimum absolute atomic E-state index is 0.00928. The predicted octanol–water partition coefficient (Wildman–Crippen LogP) is 4.70. The molecule has 4 rings (SSSR count). The Morgan fingerprint density at radius 2 is 1.97 bits per heavy atom. The van der Waals surface area contributed by atoms with Crippen LogP contribution in [0.15, 0.2) is 65.4 Å². The van der Waals surface area contributed by atoms with Crippen molar-refractivity contribution in [1.29, 1.82) is 0 Å². The van der Waals surface area contributed by atoms with E-state index in [1.165, 1.54) is 0 Å². The Morgan fingerprint density at radius 1 is 1.21 bits per heavy atom. The van der Waals surface area contributed by atoms with Crippen molar-refractivity contribution < 1.29 is 14.5 Å². The normalized spacial score (nSPS) is 10.8. The molecule has 0 spiro atoms. The van der Waals surface area contributed by atoms with Crippen molar-refractivity contribution in [2.75, 3.05) is 5.32 Å². The van der Waals surface area contributed by atoms with Gasteiger partial charge < -0.3 is 10.1 Å². The number of halogens is 1. The van der Waals surface area contributed by atoms with E-state index in [1.54, 1.807) is 53.8 Å². The van der Waals surface area contributed by atoms with Crippen LogP contribution in [-0.4, -0.2) is 30.4 Å². The number of aromatic nitrogens is 4. The molecule has 0 aliphatic carbocycles. The molecule has 2 heterocycles. The summed E-state index contributed by atoms with van der Waals surface area (Å²) in [6, 6.07) is 14.5. The molecular formula is C23H21BrN6O4. The van der Waals surface area contributed by atoms with Gasteiger partial charge in [0.25, 0.3) is 5.91 Å². The van der Waals surface area contributed by atoms with Crippen molar-refractivity contribution in [1.82, 2.24) is 19.6 Å². The highest BCUT2D eigenvalue weighted by atomic mass is 79.9. The Balaban J connectivity index is 1.40. The molecule has 0 saturated carbocycles. The molecule has 2 aromatic heterocycles. The van der Waals surface area contributed by atoms with Crippen LogP contribution >= 0.6 is 15.9 Å². The first kappa shape index (κ1) is 23.2. The fraction of sp³-hybridized carbons (Fsp3) is 0.174. The Hall–Kier alpha value is -3.99. The monoisotopic (exact) mass is 524 g/mol. The topological polar surface area (TPSA) is 117 Å². The van der Waals surface area contributed by atoms with E-state index >= 15 is 0 Å². The number of benzene rings is 2. The summed E-state index contributed by atoms with van der Waals surface area (Å²) in [5.41, 5.74) is 2.62. The van der Waals surface area contributed by atoms with E-state index in [1.807, 2.05) is 30.3 Å². The number of carbonyl (C=O) groups excluding carboxylic acids is 1. The Morgan fingerprint density at radius 3 is 2.68 bits per heavy atom. The van der Waals surface area contributed by atoms with E-state index in [0.29, 0.717) is 34.9 Å². The van der Waals surface area contributed by atoms with Gasteiger partial charge in [0, 0.05) is 10.0 Å². The molecular weight excluding hydrogens is 504 g/mol. The van der Waals surface area contributed by atoms with Gasteiger partial charge in [0.2, 0.25) is 0 Å². The van der Waals surface area contributed by atoms with Gasteiger partial charge in [-0.2, -0.15) is 10.2 Å². The van der Waals surface area contributed by atoms with Crippen LogP contribution in [0.4, 0.5) is 11.4 Å². The third-order valence-corrected chi connectivity index (χ3v) is 5.64. The van der Waals surface area contributed by atoms with Crippen LogP contribution < -0.4 is 10.1 Å². The SMILES string of the molecule is Cc1nn(Cc2cccc(C(=O)Nc3cnn(COc4ccc(Br)cc4)c3)c2)c(C)c1[N+](=O)[O-]. The fourth-order valence-corrected chi connectivity index (χ4v) is 3.73. The van der Waals surface area contributed by atoms with Gasteiger partial charge >= 0.3 is 5.69 Å². The fourth-order valence-electron chi connectivity index (χ4n) is 3.46. The number of hydrogen-bond acceptors (Lipinski definition) is 6. The highest BCUT2D eigenvalue weighted by Gasteiger charge is 2.21. The van der Waals surface area contributed by atoms with Crippen LogP contribution in [0.25, 0.3) is 0 Å². The zero-order valence-corrected chi connectivity index (χ0v) is 20.0. The second-order valence-electron chi connectivity index (χ2n) is 7.58. The summed E-state index contributed by atoms with van der Waals surface area (Å²) in [5.74, 6) is 0.406. The maximum atomic E-state index is 12.8. The Kier molecular flexibility index (Phi) is 6.73. The molecule has 10 nitrogen and oxygen atoms in total. The van der Waals surface area contributed by atoms with Crippen molar-refractivity contribution in [3.63, 3.8) is 0 Å². The lowest BCUT2D eigenvalue weighted by Crippen LogP contribution is -2.12. The van der Waals surface area contributed by atoms with Crippen molar-refractivity contribution >= 4 is 33.2 Å². The molecule has 174 valence electrons. The highest BCUT2D eigenvalue weighted by molar-refractivity contribution is 9.10. The molecule has 1 amide bonds. The van der Waals surface area contributed by atoms with Crippen LogP contribution in [0, 0.1) is 24.0 Å². The summed E-state index contributed by atoms with van der Waals surface area (Å²) in [4.78, 5) is 23.6. The average Bonchev–Trinajstić information content (AvgIpc) is 3.36. The molecule has 2 aromatic carbocycles. The van der Waals surface area contributed by atoms with Gasteiger partial charge in [0.05, 0.1) is 29.5 Å². The molecule has 0 unspecified atom stereocenters. The van der Waals surface area contributed by atoms with E-state index in [4.69, 9.17) is 4.74 Å². The molecule has 11 heteroatoms. The average molecular weight is 525 g/mol. The number of amides is 1. The number of ether oxygens (including phenoxy) is 1. The van der Waals surface area contributed by atoms with E-state index < -0.39 is 4.92 Å². The number of nitro groups is 1. The third kappa shape index (κ3) is 5.31. The van der Waals surface area contributed by atoms with E-state index in [0.717, 1.165) is 10.0 Å². The molecule has 0 aliphatic rings. The minimum atomic E-state index is -0.428. The van der Waals surface area contributed by atoms with E-state index in [2.05, 4.69) is 31.4 Å². The Bertz CT molecular complexity index is 1350. The number of nitrogens with one attached hydrogen (secondary N) is 1. The molecule has 34 heavy (non-hydrogen) atoms. The first-order chi connectivity index (χ1) is 16.3. The number of rotatable bonds is 8. The Labute approximate surface area is 203 Å². The van der Waals surface area contributed by atoms with Gasteiger partial charge in [-0.15, -0.1) is 0 Å². The lowest BCUT2D eigenvalue weighted by Gasteiger charge is -2.07. The van der Waals surface area contributed by atoms with Gasteiger partial charge in [-0.1, -0.05) is 28.1 Å². The largest absolute Gasteiger partial charge is 0.471 e. The van der Waals surface area contributed by atoms with E-state index in [-0.39, 0.29) is 18.3 Å². The van der Waals surface area contributed by atoms with Crippen LogP contribution in [-0.2, 0) is 13.3 Å². The van der Waals surface area contributed by atoms with Gasteiger partial charge in [-0.05, 0) is 55.8 Å². The van der Waals surface area contributed by atoms with Gasteiger partial charge in [0.15, 0.2) is 6.73 Å². The van der Waals surface area contributed by atoms with Crippen LogP contribution in [0.5, 0.6) is 5.75 Å². The minimum Gasteiger partial charge on any atom is -0.471 e.